The minimum absolute atomic E-state index is 0.0614. The standard InChI is InChI=1S/C11H20N2O/c1-2-6-11(12)7-13(8-11)10(14)9-4-3-5-9/h9H,2-8,12H2,1H3. The lowest BCUT2D eigenvalue weighted by Gasteiger charge is -2.49. The van der Waals surface area contributed by atoms with Crippen LogP contribution in [0.1, 0.15) is 39.0 Å². The van der Waals surface area contributed by atoms with Crippen molar-refractivity contribution in [3.63, 3.8) is 0 Å². The van der Waals surface area contributed by atoms with E-state index in [0.717, 1.165) is 38.8 Å². The smallest absolute Gasteiger partial charge is 0.225 e. The summed E-state index contributed by atoms with van der Waals surface area (Å²) in [5, 5.41) is 0. The second kappa shape index (κ2) is 3.54. The van der Waals surface area contributed by atoms with Crippen LogP contribution in [0.3, 0.4) is 0 Å². The van der Waals surface area contributed by atoms with Crippen molar-refractivity contribution in [1.29, 1.82) is 0 Å². The van der Waals surface area contributed by atoms with Crippen molar-refractivity contribution in [1.82, 2.24) is 4.90 Å². The van der Waals surface area contributed by atoms with E-state index in [4.69, 9.17) is 5.73 Å². The monoisotopic (exact) mass is 196 g/mol. The Morgan fingerprint density at radius 3 is 2.57 bits per heavy atom. The first-order valence-corrected chi connectivity index (χ1v) is 5.72. The van der Waals surface area contributed by atoms with Crippen molar-refractivity contribution < 1.29 is 4.79 Å². The Morgan fingerprint density at radius 2 is 2.14 bits per heavy atom. The maximum atomic E-state index is 11.8. The van der Waals surface area contributed by atoms with Crippen LogP contribution in [-0.4, -0.2) is 29.4 Å². The lowest BCUT2D eigenvalue weighted by Crippen LogP contribution is -2.69. The molecule has 1 amide bonds. The van der Waals surface area contributed by atoms with E-state index in [2.05, 4.69) is 6.92 Å². The minimum atomic E-state index is -0.0614. The van der Waals surface area contributed by atoms with Crippen molar-refractivity contribution in [2.45, 2.75) is 44.6 Å². The highest BCUT2D eigenvalue weighted by Gasteiger charge is 2.43. The quantitative estimate of drug-likeness (QED) is 0.735. The maximum absolute atomic E-state index is 11.8. The van der Waals surface area contributed by atoms with Gasteiger partial charge < -0.3 is 10.6 Å². The molecule has 0 spiro atoms. The molecule has 14 heavy (non-hydrogen) atoms. The average Bonchev–Trinajstić information content (AvgIpc) is 1.96. The Hall–Kier alpha value is -0.570. The highest BCUT2D eigenvalue weighted by atomic mass is 16.2. The molecule has 3 nitrogen and oxygen atoms in total. The Kier molecular flexibility index (Phi) is 2.52. The first kappa shape index (κ1) is 9.97. The summed E-state index contributed by atoms with van der Waals surface area (Å²) in [7, 11) is 0. The Morgan fingerprint density at radius 1 is 1.50 bits per heavy atom. The van der Waals surface area contributed by atoms with Crippen LogP contribution in [0.5, 0.6) is 0 Å². The largest absolute Gasteiger partial charge is 0.339 e. The van der Waals surface area contributed by atoms with Gasteiger partial charge in [-0.3, -0.25) is 4.79 Å². The Balaban J connectivity index is 1.78. The third-order valence-electron chi connectivity index (χ3n) is 3.53. The van der Waals surface area contributed by atoms with Gasteiger partial charge in [0.15, 0.2) is 0 Å². The number of likely N-dealkylation sites (tertiary alicyclic amines) is 1. The lowest BCUT2D eigenvalue weighted by atomic mass is 9.80. The molecule has 0 bridgehead atoms. The molecule has 1 aliphatic carbocycles. The van der Waals surface area contributed by atoms with Crippen LogP contribution >= 0.6 is 0 Å². The molecule has 0 radical (unpaired) electrons. The number of carbonyl (C=O) groups is 1. The van der Waals surface area contributed by atoms with Crippen LogP contribution in [0, 0.1) is 5.92 Å². The van der Waals surface area contributed by atoms with Gasteiger partial charge >= 0.3 is 0 Å². The molecule has 3 heteroatoms. The van der Waals surface area contributed by atoms with E-state index in [1.54, 1.807) is 0 Å². The summed E-state index contributed by atoms with van der Waals surface area (Å²) in [6, 6.07) is 0. The molecule has 0 aromatic heterocycles. The second-order valence-corrected chi connectivity index (χ2v) is 4.93. The fourth-order valence-electron chi connectivity index (χ4n) is 2.44. The number of nitrogens with two attached hydrogens (primary N) is 1. The molecular weight excluding hydrogens is 176 g/mol. The van der Waals surface area contributed by atoms with Crippen LogP contribution in [0.15, 0.2) is 0 Å². The SMILES string of the molecule is CCCC1(N)CN(C(=O)C2CCC2)C1. The van der Waals surface area contributed by atoms with Gasteiger partial charge in [-0.05, 0) is 19.3 Å². The third-order valence-corrected chi connectivity index (χ3v) is 3.53. The molecule has 2 fully saturated rings. The molecule has 80 valence electrons. The van der Waals surface area contributed by atoms with Gasteiger partial charge in [-0.25, -0.2) is 0 Å². The molecule has 2 N–H and O–H groups in total. The fraction of sp³-hybridized carbons (Fsp3) is 0.909. The number of rotatable bonds is 3. The van der Waals surface area contributed by atoms with E-state index in [0.29, 0.717) is 11.8 Å². The topological polar surface area (TPSA) is 46.3 Å². The molecule has 2 aliphatic rings. The summed E-state index contributed by atoms with van der Waals surface area (Å²) in [5.41, 5.74) is 6.05. The molecule has 0 aromatic rings. The highest BCUT2D eigenvalue weighted by molar-refractivity contribution is 5.80. The van der Waals surface area contributed by atoms with Gasteiger partial charge in [0.1, 0.15) is 0 Å². The minimum Gasteiger partial charge on any atom is -0.339 e. The predicted molar refractivity (Wildman–Crippen MR) is 55.7 cm³/mol. The average molecular weight is 196 g/mol. The van der Waals surface area contributed by atoms with Gasteiger partial charge in [0, 0.05) is 19.0 Å². The van der Waals surface area contributed by atoms with Crippen molar-refractivity contribution in [3.8, 4) is 0 Å². The summed E-state index contributed by atoms with van der Waals surface area (Å²) in [6.07, 6.45) is 5.58. The third kappa shape index (κ3) is 1.65. The Bertz CT molecular complexity index is 229. The zero-order valence-electron chi connectivity index (χ0n) is 8.96. The summed E-state index contributed by atoms with van der Waals surface area (Å²) < 4.78 is 0. The normalized spacial score (nSPS) is 25.4. The molecule has 0 unspecified atom stereocenters. The van der Waals surface area contributed by atoms with Crippen molar-refractivity contribution >= 4 is 5.91 Å². The van der Waals surface area contributed by atoms with Crippen molar-refractivity contribution in [2.75, 3.05) is 13.1 Å². The van der Waals surface area contributed by atoms with Gasteiger partial charge in [0.05, 0.1) is 5.54 Å². The van der Waals surface area contributed by atoms with E-state index < -0.39 is 0 Å². The number of hydrogen-bond acceptors (Lipinski definition) is 2. The first-order valence-electron chi connectivity index (χ1n) is 5.72. The molecule has 1 aliphatic heterocycles. The summed E-state index contributed by atoms with van der Waals surface area (Å²) in [6.45, 7) is 3.72. The van der Waals surface area contributed by atoms with Gasteiger partial charge in [-0.1, -0.05) is 19.8 Å². The zero-order chi connectivity index (χ0) is 10.2. The zero-order valence-corrected chi connectivity index (χ0v) is 8.96. The van der Waals surface area contributed by atoms with Crippen molar-refractivity contribution in [3.05, 3.63) is 0 Å². The van der Waals surface area contributed by atoms with Crippen molar-refractivity contribution in [2.24, 2.45) is 11.7 Å². The van der Waals surface area contributed by atoms with Gasteiger partial charge in [0.2, 0.25) is 5.91 Å². The number of hydrogen-bond donors (Lipinski definition) is 1. The number of nitrogens with zero attached hydrogens (tertiary/aromatic N) is 1. The summed E-state index contributed by atoms with van der Waals surface area (Å²) >= 11 is 0. The van der Waals surface area contributed by atoms with E-state index in [9.17, 15) is 4.79 Å². The Labute approximate surface area is 85.6 Å². The molecular formula is C11H20N2O. The molecule has 1 saturated carbocycles. The molecule has 1 saturated heterocycles. The molecule has 2 rings (SSSR count). The molecule has 0 atom stereocenters. The molecule has 1 heterocycles. The molecule has 0 aromatic carbocycles. The summed E-state index contributed by atoms with van der Waals surface area (Å²) in [4.78, 5) is 13.7. The first-order chi connectivity index (χ1) is 6.64. The van der Waals surface area contributed by atoms with E-state index in [1.807, 2.05) is 4.90 Å². The van der Waals surface area contributed by atoms with Gasteiger partial charge in [-0.15, -0.1) is 0 Å². The van der Waals surface area contributed by atoms with Crippen LogP contribution in [0.4, 0.5) is 0 Å². The predicted octanol–water partition coefficient (Wildman–Crippen LogP) is 1.13. The second-order valence-electron chi connectivity index (χ2n) is 4.93. The number of amides is 1. The van der Waals surface area contributed by atoms with Gasteiger partial charge in [0.25, 0.3) is 0 Å². The van der Waals surface area contributed by atoms with Crippen LogP contribution in [0.25, 0.3) is 0 Å². The van der Waals surface area contributed by atoms with E-state index in [-0.39, 0.29) is 5.54 Å². The van der Waals surface area contributed by atoms with E-state index in [1.165, 1.54) is 6.42 Å². The highest BCUT2D eigenvalue weighted by Crippen LogP contribution is 2.32. The fourth-order valence-corrected chi connectivity index (χ4v) is 2.44. The van der Waals surface area contributed by atoms with Crippen LogP contribution in [0.2, 0.25) is 0 Å². The summed E-state index contributed by atoms with van der Waals surface area (Å²) in [5.74, 6) is 0.689. The number of carbonyl (C=O) groups excluding carboxylic acids is 1. The maximum Gasteiger partial charge on any atom is 0.225 e. The van der Waals surface area contributed by atoms with Gasteiger partial charge in [-0.2, -0.15) is 0 Å². The van der Waals surface area contributed by atoms with Crippen LogP contribution in [-0.2, 0) is 4.79 Å². The lowest BCUT2D eigenvalue weighted by molar-refractivity contribution is -0.146. The van der Waals surface area contributed by atoms with E-state index >= 15 is 0 Å². The van der Waals surface area contributed by atoms with Crippen LogP contribution < -0.4 is 5.73 Å².